The fourth-order valence-corrected chi connectivity index (χ4v) is 5.83. The second-order valence-corrected chi connectivity index (χ2v) is 15.3. The highest BCUT2D eigenvalue weighted by molar-refractivity contribution is 7.45. The number of carbonyl (C=O) groups is 1. The number of unbranched alkanes of at least 4 members (excludes halogenated alkanes) is 18. The molecule has 2 N–H and O–H groups in total. The summed E-state index contributed by atoms with van der Waals surface area (Å²) < 4.78 is 23.0. The van der Waals surface area contributed by atoms with Crippen molar-refractivity contribution in [2.75, 3.05) is 40.9 Å². The number of amides is 1. The van der Waals surface area contributed by atoms with Crippen LogP contribution in [0.3, 0.4) is 0 Å². The van der Waals surface area contributed by atoms with Gasteiger partial charge in [0, 0.05) is 6.42 Å². The van der Waals surface area contributed by atoms with E-state index in [0.717, 1.165) is 38.5 Å². The topological polar surface area (TPSA) is 108 Å². The summed E-state index contributed by atoms with van der Waals surface area (Å²) in [5.41, 5.74) is 0. The zero-order valence-corrected chi connectivity index (χ0v) is 31.4. The van der Waals surface area contributed by atoms with E-state index >= 15 is 0 Å². The Bertz CT molecular complexity index is 814. The second kappa shape index (κ2) is 30.1. The van der Waals surface area contributed by atoms with Crippen LogP contribution in [0.4, 0.5) is 0 Å². The fraction of sp³-hybridized carbons (Fsp3) is 0.865. The van der Waals surface area contributed by atoms with E-state index in [2.05, 4.69) is 31.3 Å². The maximum absolute atomic E-state index is 12.7. The maximum atomic E-state index is 12.7. The zero-order chi connectivity index (χ0) is 34.4. The number of hydrogen-bond donors (Lipinski definition) is 2. The molecule has 8 nitrogen and oxygen atoms in total. The molecule has 0 heterocycles. The molecule has 0 radical (unpaired) electrons. The molecule has 0 aliphatic heterocycles. The Hall–Kier alpha value is -1.02. The van der Waals surface area contributed by atoms with Gasteiger partial charge < -0.3 is 28.8 Å². The lowest BCUT2D eigenvalue weighted by molar-refractivity contribution is -0.870. The van der Waals surface area contributed by atoms with Gasteiger partial charge in [0.05, 0.1) is 39.9 Å². The van der Waals surface area contributed by atoms with Gasteiger partial charge in [-0.1, -0.05) is 141 Å². The third kappa shape index (κ3) is 31.6. The molecule has 0 aliphatic rings. The molecule has 0 bridgehead atoms. The van der Waals surface area contributed by atoms with Crippen LogP contribution in [0.5, 0.6) is 0 Å². The minimum atomic E-state index is -4.58. The molecule has 0 aliphatic carbocycles. The molecule has 0 saturated heterocycles. The highest BCUT2D eigenvalue weighted by Gasteiger charge is 2.23. The van der Waals surface area contributed by atoms with Gasteiger partial charge in [0.2, 0.25) is 5.91 Å². The Morgan fingerprint density at radius 3 is 1.76 bits per heavy atom. The van der Waals surface area contributed by atoms with Gasteiger partial charge in [-0.2, -0.15) is 0 Å². The molecule has 0 saturated carbocycles. The first-order valence-corrected chi connectivity index (χ1v) is 20.2. The lowest BCUT2D eigenvalue weighted by atomic mass is 10.0. The van der Waals surface area contributed by atoms with Crippen molar-refractivity contribution in [3.05, 3.63) is 24.3 Å². The van der Waals surface area contributed by atoms with Crippen LogP contribution >= 0.6 is 7.82 Å². The Labute approximate surface area is 284 Å². The molecular weight excluding hydrogens is 599 g/mol. The third-order valence-electron chi connectivity index (χ3n) is 8.16. The van der Waals surface area contributed by atoms with Gasteiger partial charge >= 0.3 is 0 Å². The lowest BCUT2D eigenvalue weighted by Crippen LogP contribution is -2.45. The van der Waals surface area contributed by atoms with Gasteiger partial charge in [-0.25, -0.2) is 0 Å². The minimum absolute atomic E-state index is 0.00487. The van der Waals surface area contributed by atoms with Crippen LogP contribution < -0.4 is 10.2 Å². The average molecular weight is 673 g/mol. The molecule has 46 heavy (non-hydrogen) atoms. The van der Waals surface area contributed by atoms with E-state index < -0.39 is 20.0 Å². The van der Waals surface area contributed by atoms with Crippen molar-refractivity contribution >= 4 is 13.7 Å². The second-order valence-electron chi connectivity index (χ2n) is 13.9. The molecule has 9 heteroatoms. The molecule has 3 atom stereocenters. The SMILES string of the molecule is CCCCCCCCC/C=C/CC/C=C/C(O)C(COP(=O)([O-])OCC[N+](C)(C)C)NC(=O)CCCCCCCCCCCCC. The Balaban J connectivity index is 4.62. The van der Waals surface area contributed by atoms with Crippen LogP contribution in [-0.2, 0) is 18.4 Å². The first-order chi connectivity index (χ1) is 22.0. The molecular formula is C37H73N2O6P. The quantitative estimate of drug-likeness (QED) is 0.0312. The summed E-state index contributed by atoms with van der Waals surface area (Å²) in [4.78, 5) is 25.1. The van der Waals surface area contributed by atoms with E-state index in [1.54, 1.807) is 6.08 Å². The summed E-state index contributed by atoms with van der Waals surface area (Å²) in [5, 5.41) is 13.6. The number of phosphoric ester groups is 1. The number of aliphatic hydroxyl groups is 1. The van der Waals surface area contributed by atoms with Crippen LogP contribution in [0.2, 0.25) is 0 Å². The van der Waals surface area contributed by atoms with Gasteiger partial charge in [-0.15, -0.1) is 0 Å². The number of phosphoric acid groups is 1. The number of aliphatic hydroxyl groups excluding tert-OH is 1. The Kier molecular flexibility index (Phi) is 29.4. The van der Waals surface area contributed by atoms with Crippen molar-refractivity contribution in [2.24, 2.45) is 0 Å². The minimum Gasteiger partial charge on any atom is -0.756 e. The van der Waals surface area contributed by atoms with Gasteiger partial charge in [0.25, 0.3) is 7.82 Å². The summed E-state index contributed by atoms with van der Waals surface area (Å²) in [7, 11) is 1.24. The van der Waals surface area contributed by atoms with Crippen LogP contribution in [0, 0.1) is 0 Å². The van der Waals surface area contributed by atoms with Gasteiger partial charge in [0.1, 0.15) is 13.2 Å². The van der Waals surface area contributed by atoms with Crippen LogP contribution in [0.15, 0.2) is 24.3 Å². The molecule has 0 rings (SSSR count). The number of allylic oxidation sites excluding steroid dienone is 3. The molecule has 0 fully saturated rings. The third-order valence-corrected chi connectivity index (χ3v) is 9.13. The predicted octanol–water partition coefficient (Wildman–Crippen LogP) is 8.77. The van der Waals surface area contributed by atoms with Crippen molar-refractivity contribution in [2.45, 2.75) is 167 Å². The number of rotatable bonds is 33. The molecule has 272 valence electrons. The normalized spacial score (nSPS) is 15.0. The number of likely N-dealkylation sites (N-methyl/N-ethyl adjacent to an activating group) is 1. The number of carbonyl (C=O) groups excluding carboxylic acids is 1. The van der Waals surface area contributed by atoms with Crippen molar-refractivity contribution in [1.29, 1.82) is 0 Å². The van der Waals surface area contributed by atoms with E-state index in [1.807, 2.05) is 27.2 Å². The molecule has 3 unspecified atom stereocenters. The Morgan fingerprint density at radius 2 is 1.22 bits per heavy atom. The molecule has 0 aromatic rings. The smallest absolute Gasteiger partial charge is 0.268 e. The van der Waals surface area contributed by atoms with Gasteiger partial charge in [0.15, 0.2) is 0 Å². The standard InChI is InChI=1S/C37H73N2O6P/c1-6-8-10-12-14-16-18-19-21-22-24-26-28-30-36(40)35(34-45-46(42,43)44-33-32-39(3,4)5)38-37(41)31-29-27-25-23-20-17-15-13-11-9-7-2/h21-22,28,30,35-36,40H,6-20,23-27,29,31-34H2,1-5H3,(H-,38,41,42,43)/b22-21+,30-28+. The van der Waals surface area contributed by atoms with Crippen molar-refractivity contribution in [1.82, 2.24) is 5.32 Å². The highest BCUT2D eigenvalue weighted by Crippen LogP contribution is 2.38. The predicted molar refractivity (Wildman–Crippen MR) is 192 cm³/mol. The van der Waals surface area contributed by atoms with Crippen molar-refractivity contribution in [3.8, 4) is 0 Å². The number of nitrogens with one attached hydrogen (secondary N) is 1. The van der Waals surface area contributed by atoms with E-state index in [9.17, 15) is 19.4 Å². The van der Waals surface area contributed by atoms with E-state index in [0.29, 0.717) is 17.4 Å². The monoisotopic (exact) mass is 673 g/mol. The largest absolute Gasteiger partial charge is 0.756 e. The summed E-state index contributed by atoms with van der Waals surface area (Å²) in [6.07, 6.45) is 32.2. The first kappa shape index (κ1) is 45.0. The van der Waals surface area contributed by atoms with Crippen LogP contribution in [-0.4, -0.2) is 68.5 Å². The summed E-state index contributed by atoms with van der Waals surface area (Å²) in [6.45, 7) is 4.58. The zero-order valence-electron chi connectivity index (χ0n) is 30.5. The maximum Gasteiger partial charge on any atom is 0.268 e. The summed E-state index contributed by atoms with van der Waals surface area (Å²) >= 11 is 0. The molecule has 0 aromatic heterocycles. The molecule has 1 amide bonds. The fourth-order valence-electron chi connectivity index (χ4n) is 5.11. The first-order valence-electron chi connectivity index (χ1n) is 18.7. The van der Waals surface area contributed by atoms with Crippen molar-refractivity contribution in [3.63, 3.8) is 0 Å². The summed E-state index contributed by atoms with van der Waals surface area (Å²) in [5.74, 6) is -0.211. The van der Waals surface area contributed by atoms with E-state index in [1.165, 1.54) is 96.3 Å². The number of hydrogen-bond acceptors (Lipinski definition) is 6. The van der Waals surface area contributed by atoms with Gasteiger partial charge in [-0.3, -0.25) is 9.36 Å². The van der Waals surface area contributed by atoms with Crippen LogP contribution in [0.25, 0.3) is 0 Å². The van der Waals surface area contributed by atoms with E-state index in [-0.39, 0.29) is 19.1 Å². The Morgan fingerprint density at radius 1 is 0.739 bits per heavy atom. The summed E-state index contributed by atoms with van der Waals surface area (Å²) in [6, 6.07) is -0.895. The number of quaternary nitrogens is 1. The highest BCUT2D eigenvalue weighted by atomic mass is 31.2. The van der Waals surface area contributed by atoms with E-state index in [4.69, 9.17) is 9.05 Å². The lowest BCUT2D eigenvalue weighted by Gasteiger charge is -2.29. The number of nitrogens with zero attached hydrogens (tertiary/aromatic N) is 1. The van der Waals surface area contributed by atoms with Gasteiger partial charge in [-0.05, 0) is 32.1 Å². The molecule has 0 aromatic carbocycles. The molecule has 0 spiro atoms. The average Bonchev–Trinajstić information content (AvgIpc) is 2.99. The van der Waals surface area contributed by atoms with Crippen LogP contribution in [0.1, 0.15) is 155 Å². The van der Waals surface area contributed by atoms with Crippen molar-refractivity contribution < 1.29 is 32.9 Å².